The molecule has 2 aromatic carbocycles. The lowest BCUT2D eigenvalue weighted by Gasteiger charge is -2.15. The van der Waals surface area contributed by atoms with Crippen molar-refractivity contribution in [1.82, 2.24) is 0 Å². The first kappa shape index (κ1) is 13.8. The van der Waals surface area contributed by atoms with Crippen LogP contribution in [0, 0.1) is 5.82 Å². The van der Waals surface area contributed by atoms with Gasteiger partial charge in [0, 0.05) is 17.7 Å². The Bertz CT molecular complexity index is 684. The maximum Gasteiger partial charge on any atom is 0.224 e. The molecule has 0 spiro atoms. The molecular formula is C17H16FNO2. The van der Waals surface area contributed by atoms with Crippen LogP contribution in [0.15, 0.2) is 42.5 Å². The Balaban J connectivity index is 1.95. The monoisotopic (exact) mass is 285 g/mol. The summed E-state index contributed by atoms with van der Waals surface area (Å²) < 4.78 is 13.8. The maximum atomic E-state index is 13.8. The highest BCUT2D eigenvalue weighted by atomic mass is 19.1. The van der Waals surface area contributed by atoms with Crippen LogP contribution in [-0.2, 0) is 11.2 Å². The maximum absolute atomic E-state index is 13.8. The van der Waals surface area contributed by atoms with Gasteiger partial charge in [0.2, 0.25) is 5.91 Å². The molecule has 0 aromatic heterocycles. The summed E-state index contributed by atoms with van der Waals surface area (Å²) in [5.41, 5.74) is 2.65. The van der Waals surface area contributed by atoms with Crippen LogP contribution in [0.5, 0.6) is 0 Å². The molecule has 21 heavy (non-hydrogen) atoms. The quantitative estimate of drug-likeness (QED) is 0.890. The number of rotatable bonds is 2. The van der Waals surface area contributed by atoms with Crippen LogP contribution in [0.4, 0.5) is 10.1 Å². The average Bonchev–Trinajstić information content (AvgIpc) is 2.67. The molecule has 1 atom stereocenters. The molecule has 108 valence electrons. The first-order valence-corrected chi connectivity index (χ1v) is 7.00. The van der Waals surface area contributed by atoms with E-state index in [1.807, 2.05) is 6.07 Å². The van der Waals surface area contributed by atoms with Crippen LogP contribution in [-0.4, -0.2) is 11.0 Å². The van der Waals surface area contributed by atoms with Crippen molar-refractivity contribution in [3.8, 4) is 0 Å². The molecule has 0 saturated carbocycles. The summed E-state index contributed by atoms with van der Waals surface area (Å²) in [6, 6.07) is 11.6. The van der Waals surface area contributed by atoms with Gasteiger partial charge >= 0.3 is 0 Å². The number of aliphatic hydroxyl groups is 1. The Hall–Kier alpha value is -2.20. The minimum Gasteiger partial charge on any atom is -0.384 e. The van der Waals surface area contributed by atoms with Crippen molar-refractivity contribution < 1.29 is 14.3 Å². The van der Waals surface area contributed by atoms with Gasteiger partial charge in [-0.2, -0.15) is 0 Å². The SMILES string of the molecule is O=C1CCCc2cc(C(O)c3ccccc3F)ccc2N1. The number of benzene rings is 2. The van der Waals surface area contributed by atoms with E-state index in [0.29, 0.717) is 12.0 Å². The fourth-order valence-electron chi connectivity index (χ4n) is 2.64. The zero-order chi connectivity index (χ0) is 14.8. The van der Waals surface area contributed by atoms with Crippen molar-refractivity contribution in [2.24, 2.45) is 0 Å². The van der Waals surface area contributed by atoms with Crippen molar-refractivity contribution in [3.63, 3.8) is 0 Å². The first-order valence-electron chi connectivity index (χ1n) is 7.00. The average molecular weight is 285 g/mol. The second-order valence-electron chi connectivity index (χ2n) is 5.24. The zero-order valence-electron chi connectivity index (χ0n) is 11.5. The summed E-state index contributed by atoms with van der Waals surface area (Å²) in [5.74, 6) is -0.413. The Morgan fingerprint density at radius 2 is 1.95 bits per heavy atom. The van der Waals surface area contributed by atoms with Crippen LogP contribution in [0.1, 0.15) is 35.6 Å². The number of anilines is 1. The molecular weight excluding hydrogens is 269 g/mol. The fraction of sp³-hybridized carbons (Fsp3) is 0.235. The third-order valence-corrected chi connectivity index (χ3v) is 3.77. The lowest BCUT2D eigenvalue weighted by Crippen LogP contribution is -2.09. The van der Waals surface area contributed by atoms with Crippen LogP contribution in [0.25, 0.3) is 0 Å². The van der Waals surface area contributed by atoms with E-state index >= 15 is 0 Å². The number of fused-ring (bicyclic) bond motifs is 1. The predicted octanol–water partition coefficient (Wildman–Crippen LogP) is 3.18. The molecule has 2 N–H and O–H groups in total. The number of halogens is 1. The molecule has 2 aromatic rings. The molecule has 0 fully saturated rings. The van der Waals surface area contributed by atoms with Crippen LogP contribution < -0.4 is 5.32 Å². The Labute approximate surface area is 122 Å². The van der Waals surface area contributed by atoms with Crippen molar-refractivity contribution in [1.29, 1.82) is 0 Å². The number of aryl methyl sites for hydroxylation is 1. The van der Waals surface area contributed by atoms with Gasteiger partial charge in [-0.05, 0) is 36.1 Å². The Morgan fingerprint density at radius 1 is 1.14 bits per heavy atom. The van der Waals surface area contributed by atoms with E-state index < -0.39 is 11.9 Å². The molecule has 0 radical (unpaired) electrons. The fourth-order valence-corrected chi connectivity index (χ4v) is 2.64. The van der Waals surface area contributed by atoms with Crippen molar-refractivity contribution in [2.75, 3.05) is 5.32 Å². The molecule has 1 amide bonds. The molecule has 0 bridgehead atoms. The van der Waals surface area contributed by atoms with Gasteiger partial charge in [-0.15, -0.1) is 0 Å². The highest BCUT2D eigenvalue weighted by Gasteiger charge is 2.18. The van der Waals surface area contributed by atoms with Gasteiger partial charge in [0.15, 0.2) is 0 Å². The normalized spacial score (nSPS) is 15.8. The lowest BCUT2D eigenvalue weighted by atomic mass is 9.97. The molecule has 3 nitrogen and oxygen atoms in total. The topological polar surface area (TPSA) is 49.3 Å². The van der Waals surface area contributed by atoms with E-state index in [9.17, 15) is 14.3 Å². The van der Waals surface area contributed by atoms with E-state index in [4.69, 9.17) is 0 Å². The number of hydrogen-bond donors (Lipinski definition) is 2. The number of carbonyl (C=O) groups excluding carboxylic acids is 1. The second kappa shape index (κ2) is 5.66. The number of nitrogens with one attached hydrogen (secondary N) is 1. The molecule has 1 unspecified atom stereocenters. The van der Waals surface area contributed by atoms with Gasteiger partial charge in [0.05, 0.1) is 0 Å². The standard InChI is InChI=1S/C17H16FNO2/c18-14-6-2-1-5-13(14)17(21)12-8-9-15-11(10-12)4-3-7-16(20)19-15/h1-2,5-6,8-10,17,21H,3-4,7H2,(H,19,20). The van der Waals surface area contributed by atoms with Crippen molar-refractivity contribution in [3.05, 3.63) is 65.0 Å². The third-order valence-electron chi connectivity index (χ3n) is 3.77. The van der Waals surface area contributed by atoms with Crippen molar-refractivity contribution >= 4 is 11.6 Å². The minimum atomic E-state index is -1.00. The van der Waals surface area contributed by atoms with Gasteiger partial charge in [-0.1, -0.05) is 30.3 Å². The largest absolute Gasteiger partial charge is 0.384 e. The highest BCUT2D eigenvalue weighted by molar-refractivity contribution is 5.92. The van der Waals surface area contributed by atoms with E-state index in [1.165, 1.54) is 6.07 Å². The Morgan fingerprint density at radius 3 is 2.76 bits per heavy atom. The smallest absolute Gasteiger partial charge is 0.224 e. The van der Waals surface area contributed by atoms with E-state index in [2.05, 4.69) is 5.32 Å². The van der Waals surface area contributed by atoms with Crippen LogP contribution in [0.3, 0.4) is 0 Å². The first-order chi connectivity index (χ1) is 10.1. The van der Waals surface area contributed by atoms with Gasteiger partial charge in [0.25, 0.3) is 0 Å². The van der Waals surface area contributed by atoms with Gasteiger partial charge in [-0.3, -0.25) is 4.79 Å². The highest BCUT2D eigenvalue weighted by Crippen LogP contribution is 2.29. The lowest BCUT2D eigenvalue weighted by molar-refractivity contribution is -0.116. The van der Waals surface area contributed by atoms with Gasteiger partial charge < -0.3 is 10.4 Å². The number of carbonyl (C=O) groups is 1. The minimum absolute atomic E-state index is 0.0103. The van der Waals surface area contributed by atoms with E-state index in [-0.39, 0.29) is 11.5 Å². The summed E-state index contributed by atoms with van der Waals surface area (Å²) in [5, 5.41) is 13.2. The molecule has 3 rings (SSSR count). The molecule has 1 aliphatic rings. The molecule has 1 aliphatic heterocycles. The molecule has 0 aliphatic carbocycles. The number of amides is 1. The summed E-state index contributed by atoms with van der Waals surface area (Å²) in [7, 11) is 0. The number of aliphatic hydroxyl groups excluding tert-OH is 1. The van der Waals surface area contributed by atoms with E-state index in [0.717, 1.165) is 24.1 Å². The molecule has 4 heteroatoms. The summed E-state index contributed by atoms with van der Waals surface area (Å²) >= 11 is 0. The van der Waals surface area contributed by atoms with E-state index in [1.54, 1.807) is 30.3 Å². The summed E-state index contributed by atoms with van der Waals surface area (Å²) in [6.07, 6.45) is 1.04. The predicted molar refractivity (Wildman–Crippen MR) is 78.5 cm³/mol. The summed E-state index contributed by atoms with van der Waals surface area (Å²) in [6.45, 7) is 0. The van der Waals surface area contributed by atoms with Crippen LogP contribution in [0.2, 0.25) is 0 Å². The Kier molecular flexibility index (Phi) is 3.71. The van der Waals surface area contributed by atoms with Gasteiger partial charge in [0.1, 0.15) is 11.9 Å². The summed E-state index contributed by atoms with van der Waals surface area (Å²) in [4.78, 5) is 11.5. The molecule has 1 heterocycles. The zero-order valence-corrected chi connectivity index (χ0v) is 11.5. The number of hydrogen-bond acceptors (Lipinski definition) is 2. The van der Waals surface area contributed by atoms with Crippen molar-refractivity contribution in [2.45, 2.75) is 25.4 Å². The third kappa shape index (κ3) is 2.81. The van der Waals surface area contributed by atoms with Crippen LogP contribution >= 0.6 is 0 Å². The second-order valence-corrected chi connectivity index (χ2v) is 5.24. The van der Waals surface area contributed by atoms with Gasteiger partial charge in [-0.25, -0.2) is 4.39 Å². The molecule has 0 saturated heterocycles.